The summed E-state index contributed by atoms with van der Waals surface area (Å²) in [5.74, 6) is 0.755. The predicted octanol–water partition coefficient (Wildman–Crippen LogP) is 4.91. The maximum atomic E-state index is 6.38. The van der Waals surface area contributed by atoms with E-state index in [1.165, 1.54) is 0 Å². The lowest BCUT2D eigenvalue weighted by atomic mass is 10.2. The minimum atomic E-state index is 0.454. The van der Waals surface area contributed by atoms with E-state index in [1.807, 2.05) is 42.5 Å². The molecule has 0 spiro atoms. The third-order valence-electron chi connectivity index (χ3n) is 4.58. The number of fused-ring (bicyclic) bond motifs is 1. The van der Waals surface area contributed by atoms with E-state index in [9.17, 15) is 0 Å². The highest BCUT2D eigenvalue weighted by Gasteiger charge is 2.21. The molecule has 1 aliphatic rings. The molecule has 134 valence electrons. The largest absolute Gasteiger partial charge is 0.351 e. The Labute approximate surface area is 167 Å². The average molecular weight is 408 g/mol. The number of rotatable bonds is 3. The van der Waals surface area contributed by atoms with Crippen LogP contribution in [0.3, 0.4) is 0 Å². The van der Waals surface area contributed by atoms with E-state index in [4.69, 9.17) is 39.8 Å². The summed E-state index contributed by atoms with van der Waals surface area (Å²) in [4.78, 5) is 13.7. The smallest absolute Gasteiger partial charge is 0.172 e. The van der Waals surface area contributed by atoms with Crippen LogP contribution in [0.1, 0.15) is 5.56 Å². The minimum absolute atomic E-state index is 0.454. The second-order valence-corrected chi connectivity index (χ2v) is 7.53. The summed E-state index contributed by atoms with van der Waals surface area (Å²) in [5, 5.41) is 1.91. The summed E-state index contributed by atoms with van der Waals surface area (Å²) in [6, 6.07) is 13.4. The number of halogens is 3. The molecule has 3 aromatic rings. The lowest BCUT2D eigenvalue weighted by Gasteiger charge is -2.35. The Balaban J connectivity index is 1.47. The first-order valence-corrected chi connectivity index (χ1v) is 9.57. The Kier molecular flexibility index (Phi) is 5.18. The Bertz CT molecular complexity index is 939. The van der Waals surface area contributed by atoms with Crippen LogP contribution in [0.5, 0.6) is 0 Å². The number of benzene rings is 2. The van der Waals surface area contributed by atoms with E-state index in [2.05, 4.69) is 14.8 Å². The van der Waals surface area contributed by atoms with Gasteiger partial charge in [0.25, 0.3) is 0 Å². The van der Waals surface area contributed by atoms with Gasteiger partial charge in [-0.15, -0.1) is 0 Å². The van der Waals surface area contributed by atoms with Crippen LogP contribution in [-0.4, -0.2) is 41.0 Å². The summed E-state index contributed by atoms with van der Waals surface area (Å²) in [6.45, 7) is 4.25. The fraction of sp³-hybridized carbons (Fsp3) is 0.263. The van der Waals surface area contributed by atoms with Crippen LogP contribution in [0.25, 0.3) is 11.0 Å². The molecule has 0 atom stereocenters. The summed E-state index contributed by atoms with van der Waals surface area (Å²) in [5.41, 5.74) is 2.73. The third kappa shape index (κ3) is 3.74. The van der Waals surface area contributed by atoms with E-state index >= 15 is 0 Å². The van der Waals surface area contributed by atoms with Gasteiger partial charge in [0, 0.05) is 42.8 Å². The van der Waals surface area contributed by atoms with Gasteiger partial charge in [-0.2, -0.15) is 0 Å². The second kappa shape index (κ2) is 7.57. The van der Waals surface area contributed by atoms with Crippen molar-refractivity contribution in [2.75, 3.05) is 31.1 Å². The van der Waals surface area contributed by atoms with Gasteiger partial charge in [0.05, 0.1) is 11.0 Å². The first-order chi connectivity index (χ1) is 12.6. The predicted molar refractivity (Wildman–Crippen MR) is 109 cm³/mol. The van der Waals surface area contributed by atoms with Crippen LogP contribution in [0.15, 0.2) is 42.5 Å². The number of piperazine rings is 1. The highest BCUT2D eigenvalue weighted by atomic mass is 35.5. The first-order valence-electron chi connectivity index (χ1n) is 8.44. The molecule has 0 aliphatic carbocycles. The van der Waals surface area contributed by atoms with Gasteiger partial charge in [0.2, 0.25) is 0 Å². The van der Waals surface area contributed by atoms with Gasteiger partial charge in [0.15, 0.2) is 11.0 Å². The normalized spacial score (nSPS) is 15.6. The zero-order valence-electron chi connectivity index (χ0n) is 14.0. The second-order valence-electron chi connectivity index (χ2n) is 6.33. The van der Waals surface area contributed by atoms with Crippen LogP contribution in [0.4, 0.5) is 5.82 Å². The molecular formula is C19H17Cl3N4. The lowest BCUT2D eigenvalue weighted by Crippen LogP contribution is -2.46. The van der Waals surface area contributed by atoms with Crippen LogP contribution in [0.2, 0.25) is 15.2 Å². The molecule has 7 heteroatoms. The molecule has 4 rings (SSSR count). The summed E-state index contributed by atoms with van der Waals surface area (Å²) >= 11 is 18.8. The van der Waals surface area contributed by atoms with Crippen molar-refractivity contribution in [1.29, 1.82) is 0 Å². The lowest BCUT2D eigenvalue weighted by molar-refractivity contribution is 0.249. The quantitative estimate of drug-likeness (QED) is 0.617. The van der Waals surface area contributed by atoms with E-state index in [-0.39, 0.29) is 0 Å². The van der Waals surface area contributed by atoms with Gasteiger partial charge in [-0.3, -0.25) is 4.90 Å². The molecule has 0 amide bonds. The van der Waals surface area contributed by atoms with Crippen molar-refractivity contribution in [2.45, 2.75) is 6.54 Å². The molecule has 0 radical (unpaired) electrons. The number of nitrogens with zero attached hydrogens (tertiary/aromatic N) is 4. The standard InChI is InChI=1S/C19H17Cl3N4/c20-14-5-6-15(21)13(11-14)12-25-7-9-26(10-8-25)19-18(22)23-16-3-1-2-4-17(16)24-19/h1-6,11H,7-10,12H2. The molecular weight excluding hydrogens is 391 g/mol. The van der Waals surface area contributed by atoms with Crippen molar-refractivity contribution in [3.63, 3.8) is 0 Å². The Morgan fingerprint density at radius 2 is 1.54 bits per heavy atom. The highest BCUT2D eigenvalue weighted by molar-refractivity contribution is 6.33. The van der Waals surface area contributed by atoms with E-state index in [0.29, 0.717) is 10.2 Å². The topological polar surface area (TPSA) is 32.3 Å². The number of hydrogen-bond donors (Lipinski definition) is 0. The van der Waals surface area contributed by atoms with Crippen molar-refractivity contribution < 1.29 is 0 Å². The van der Waals surface area contributed by atoms with Gasteiger partial charge in [-0.05, 0) is 35.9 Å². The molecule has 1 fully saturated rings. The van der Waals surface area contributed by atoms with Crippen LogP contribution < -0.4 is 4.90 Å². The third-order valence-corrected chi connectivity index (χ3v) is 5.44. The van der Waals surface area contributed by atoms with Crippen molar-refractivity contribution >= 4 is 51.7 Å². The molecule has 1 aliphatic heterocycles. The van der Waals surface area contributed by atoms with Crippen LogP contribution in [-0.2, 0) is 6.54 Å². The summed E-state index contributed by atoms with van der Waals surface area (Å²) in [6.07, 6.45) is 0. The zero-order valence-corrected chi connectivity index (χ0v) is 16.3. The molecule has 0 unspecified atom stereocenters. The first kappa shape index (κ1) is 17.8. The van der Waals surface area contributed by atoms with Crippen molar-refractivity contribution in [1.82, 2.24) is 14.9 Å². The molecule has 4 nitrogen and oxygen atoms in total. The van der Waals surface area contributed by atoms with Crippen LogP contribution >= 0.6 is 34.8 Å². The summed E-state index contributed by atoms with van der Waals surface area (Å²) < 4.78 is 0. The number of anilines is 1. The minimum Gasteiger partial charge on any atom is -0.351 e. The molecule has 2 heterocycles. The number of hydrogen-bond acceptors (Lipinski definition) is 4. The molecule has 0 N–H and O–H groups in total. The number of para-hydroxylation sites is 2. The van der Waals surface area contributed by atoms with E-state index in [1.54, 1.807) is 0 Å². The van der Waals surface area contributed by atoms with Gasteiger partial charge in [0.1, 0.15) is 0 Å². The molecule has 0 saturated carbocycles. The molecule has 2 aromatic carbocycles. The molecule has 0 bridgehead atoms. The van der Waals surface area contributed by atoms with Crippen molar-refractivity contribution in [2.24, 2.45) is 0 Å². The zero-order chi connectivity index (χ0) is 18.1. The fourth-order valence-electron chi connectivity index (χ4n) is 3.19. The van der Waals surface area contributed by atoms with Gasteiger partial charge in [-0.25, -0.2) is 9.97 Å². The van der Waals surface area contributed by atoms with E-state index in [0.717, 1.165) is 60.2 Å². The Hall–Kier alpha value is -1.59. The summed E-state index contributed by atoms with van der Waals surface area (Å²) in [7, 11) is 0. The monoisotopic (exact) mass is 406 g/mol. The van der Waals surface area contributed by atoms with Gasteiger partial charge >= 0.3 is 0 Å². The Morgan fingerprint density at radius 3 is 2.27 bits per heavy atom. The fourth-order valence-corrected chi connectivity index (χ4v) is 3.82. The van der Waals surface area contributed by atoms with Crippen LogP contribution in [0, 0.1) is 0 Å². The maximum absolute atomic E-state index is 6.38. The average Bonchev–Trinajstić information content (AvgIpc) is 2.65. The van der Waals surface area contributed by atoms with E-state index < -0.39 is 0 Å². The molecule has 26 heavy (non-hydrogen) atoms. The SMILES string of the molecule is Clc1ccc(Cl)c(CN2CCN(c3nc4ccccc4nc3Cl)CC2)c1. The van der Waals surface area contributed by atoms with Crippen molar-refractivity contribution in [3.8, 4) is 0 Å². The van der Waals surface area contributed by atoms with Crippen molar-refractivity contribution in [3.05, 3.63) is 63.2 Å². The highest BCUT2D eigenvalue weighted by Crippen LogP contribution is 2.27. The molecule has 1 saturated heterocycles. The molecule has 1 aromatic heterocycles. The maximum Gasteiger partial charge on any atom is 0.172 e. The Morgan fingerprint density at radius 1 is 0.846 bits per heavy atom. The number of aromatic nitrogens is 2. The van der Waals surface area contributed by atoms with Gasteiger partial charge in [-0.1, -0.05) is 46.9 Å². The van der Waals surface area contributed by atoms with Gasteiger partial charge < -0.3 is 4.90 Å².